The van der Waals surface area contributed by atoms with Gasteiger partial charge in [-0.1, -0.05) is 23.8 Å². The molecule has 76 valence electrons. The number of non-ortho nitro benzene ring substituents is 1. The zero-order valence-electron chi connectivity index (χ0n) is 7.68. The summed E-state index contributed by atoms with van der Waals surface area (Å²) in [6.45, 7) is 0. The van der Waals surface area contributed by atoms with Crippen molar-refractivity contribution in [3.63, 3.8) is 0 Å². The van der Waals surface area contributed by atoms with E-state index in [0.717, 1.165) is 0 Å². The number of nitrogens with zero attached hydrogens (tertiary/aromatic N) is 2. The van der Waals surface area contributed by atoms with Crippen LogP contribution >= 0.6 is 11.6 Å². The molecule has 0 radical (unpaired) electrons. The van der Waals surface area contributed by atoms with Gasteiger partial charge in [-0.25, -0.2) is 0 Å². The Kier molecular flexibility index (Phi) is 3.83. The molecule has 5 heteroatoms. The van der Waals surface area contributed by atoms with Crippen LogP contribution in [0.3, 0.4) is 0 Å². The molecule has 0 amide bonds. The predicted molar refractivity (Wildman–Crippen MR) is 57.4 cm³/mol. The van der Waals surface area contributed by atoms with Crippen LogP contribution in [-0.4, -0.2) is 4.92 Å². The molecule has 4 nitrogen and oxygen atoms in total. The van der Waals surface area contributed by atoms with E-state index in [1.54, 1.807) is 18.2 Å². The van der Waals surface area contributed by atoms with E-state index in [1.165, 1.54) is 12.1 Å². The average molecular weight is 223 g/mol. The van der Waals surface area contributed by atoms with Crippen LogP contribution < -0.4 is 0 Å². The van der Waals surface area contributed by atoms with Gasteiger partial charge in [0.15, 0.2) is 0 Å². The molecule has 0 aliphatic carbocycles. The summed E-state index contributed by atoms with van der Waals surface area (Å²) in [5, 5.41) is 19.0. The molecule has 1 aromatic rings. The zero-order chi connectivity index (χ0) is 11.3. The zero-order valence-corrected chi connectivity index (χ0v) is 8.44. The van der Waals surface area contributed by atoms with Gasteiger partial charge in [-0.2, -0.15) is 5.26 Å². The quantitative estimate of drug-likeness (QED) is 0.583. The molecule has 0 aliphatic rings. The topological polar surface area (TPSA) is 66.9 Å². The lowest BCUT2D eigenvalue weighted by Gasteiger charge is -1.97. The number of benzene rings is 1. The molecule has 1 rings (SSSR count). The second-order valence-electron chi connectivity index (χ2n) is 2.73. The summed E-state index contributed by atoms with van der Waals surface area (Å²) in [5.41, 5.74) is 0.620. The molecule has 15 heavy (non-hydrogen) atoms. The Balaban J connectivity index is 2.94. The van der Waals surface area contributed by atoms with Crippen LogP contribution in [0.1, 0.15) is 12.0 Å². The summed E-state index contributed by atoms with van der Waals surface area (Å²) in [7, 11) is 0. The lowest BCUT2D eigenvalue weighted by molar-refractivity contribution is -0.384. The minimum atomic E-state index is -0.505. The van der Waals surface area contributed by atoms with Gasteiger partial charge < -0.3 is 0 Å². The van der Waals surface area contributed by atoms with Gasteiger partial charge in [0.25, 0.3) is 5.69 Å². The second-order valence-corrected chi connectivity index (χ2v) is 3.13. The van der Waals surface area contributed by atoms with Crippen molar-refractivity contribution in [2.75, 3.05) is 0 Å². The van der Waals surface area contributed by atoms with Crippen LogP contribution in [0.5, 0.6) is 0 Å². The number of allylic oxidation sites excluding steroid dienone is 1. The van der Waals surface area contributed by atoms with E-state index in [9.17, 15) is 10.1 Å². The highest BCUT2D eigenvalue weighted by atomic mass is 35.5. The Morgan fingerprint density at radius 3 is 2.87 bits per heavy atom. The molecule has 0 unspecified atom stereocenters. The Morgan fingerprint density at radius 2 is 2.33 bits per heavy atom. The van der Waals surface area contributed by atoms with Crippen molar-refractivity contribution in [2.24, 2.45) is 0 Å². The largest absolute Gasteiger partial charge is 0.270 e. The monoisotopic (exact) mass is 222 g/mol. The van der Waals surface area contributed by atoms with E-state index < -0.39 is 4.92 Å². The maximum atomic E-state index is 10.4. The molecule has 0 bridgehead atoms. The second kappa shape index (κ2) is 5.13. The van der Waals surface area contributed by atoms with E-state index >= 15 is 0 Å². The van der Waals surface area contributed by atoms with Crippen LogP contribution in [0.15, 0.2) is 24.3 Å². The molecule has 0 atom stereocenters. The van der Waals surface area contributed by atoms with Crippen LogP contribution in [0, 0.1) is 21.4 Å². The molecule has 0 fully saturated rings. The Bertz CT molecular complexity index is 449. The summed E-state index contributed by atoms with van der Waals surface area (Å²) < 4.78 is 0. The third-order valence-electron chi connectivity index (χ3n) is 1.70. The lowest BCUT2D eigenvalue weighted by Crippen LogP contribution is -1.87. The van der Waals surface area contributed by atoms with Crippen molar-refractivity contribution in [3.8, 4) is 6.07 Å². The highest BCUT2D eigenvalue weighted by Crippen LogP contribution is 2.23. The molecule has 0 spiro atoms. The predicted octanol–water partition coefficient (Wildman–Crippen LogP) is 3.18. The third-order valence-corrected chi connectivity index (χ3v) is 2.03. The molecular weight excluding hydrogens is 216 g/mol. The van der Waals surface area contributed by atoms with Crippen LogP contribution in [0.2, 0.25) is 5.02 Å². The molecule has 0 aromatic heterocycles. The van der Waals surface area contributed by atoms with E-state index in [4.69, 9.17) is 16.9 Å². The smallest absolute Gasteiger partial charge is 0.258 e. The molecule has 0 aliphatic heterocycles. The average Bonchev–Trinajstić information content (AvgIpc) is 2.20. The lowest BCUT2D eigenvalue weighted by atomic mass is 10.2. The van der Waals surface area contributed by atoms with Crippen molar-refractivity contribution < 1.29 is 4.92 Å². The van der Waals surface area contributed by atoms with E-state index in [1.807, 2.05) is 6.07 Å². The SMILES string of the molecule is N#CCC=Cc1ccc([N+](=O)[O-])cc1Cl. The van der Waals surface area contributed by atoms with Crippen molar-refractivity contribution in [1.29, 1.82) is 5.26 Å². The first-order valence-electron chi connectivity index (χ1n) is 4.12. The minimum Gasteiger partial charge on any atom is -0.258 e. The number of halogens is 1. The Morgan fingerprint density at radius 1 is 1.60 bits per heavy atom. The van der Waals surface area contributed by atoms with Crippen molar-refractivity contribution in [3.05, 3.63) is 45.0 Å². The molecular formula is C10H7ClN2O2. The van der Waals surface area contributed by atoms with Crippen molar-refractivity contribution >= 4 is 23.4 Å². The Hall–Kier alpha value is -1.86. The van der Waals surface area contributed by atoms with E-state index in [2.05, 4.69) is 0 Å². The van der Waals surface area contributed by atoms with Gasteiger partial charge in [-0.05, 0) is 11.6 Å². The summed E-state index contributed by atoms with van der Waals surface area (Å²) in [4.78, 5) is 9.91. The van der Waals surface area contributed by atoms with Crippen LogP contribution in [-0.2, 0) is 0 Å². The summed E-state index contributed by atoms with van der Waals surface area (Å²) >= 11 is 5.81. The van der Waals surface area contributed by atoms with Gasteiger partial charge in [-0.15, -0.1) is 0 Å². The molecule has 0 saturated carbocycles. The fourth-order valence-corrected chi connectivity index (χ4v) is 1.24. The maximum Gasteiger partial charge on any atom is 0.270 e. The molecule has 0 N–H and O–H groups in total. The summed E-state index contributed by atoms with van der Waals surface area (Å²) in [6, 6.07) is 6.16. The number of rotatable bonds is 3. The maximum absolute atomic E-state index is 10.4. The van der Waals surface area contributed by atoms with Crippen molar-refractivity contribution in [2.45, 2.75) is 6.42 Å². The fourth-order valence-electron chi connectivity index (χ4n) is 1.00. The van der Waals surface area contributed by atoms with Gasteiger partial charge in [0.1, 0.15) is 0 Å². The standard InChI is InChI=1S/C10H7ClN2O2/c11-10-7-9(13(14)15)5-4-8(10)3-1-2-6-12/h1,3-5,7H,2H2. The van der Waals surface area contributed by atoms with E-state index in [-0.39, 0.29) is 12.1 Å². The van der Waals surface area contributed by atoms with E-state index in [0.29, 0.717) is 10.6 Å². The number of nitriles is 1. The summed E-state index contributed by atoms with van der Waals surface area (Å²) in [5.74, 6) is 0. The number of hydrogen-bond acceptors (Lipinski definition) is 3. The normalized spacial score (nSPS) is 10.1. The first kappa shape index (κ1) is 11.2. The molecule has 0 saturated heterocycles. The van der Waals surface area contributed by atoms with Crippen molar-refractivity contribution in [1.82, 2.24) is 0 Å². The minimum absolute atomic E-state index is 0.0440. The highest BCUT2D eigenvalue weighted by Gasteiger charge is 2.07. The fraction of sp³-hybridized carbons (Fsp3) is 0.100. The third kappa shape index (κ3) is 3.08. The molecule has 1 aromatic carbocycles. The first-order valence-corrected chi connectivity index (χ1v) is 4.50. The van der Waals surface area contributed by atoms with Crippen LogP contribution in [0.4, 0.5) is 5.69 Å². The first-order chi connectivity index (χ1) is 7.15. The van der Waals surface area contributed by atoms with Gasteiger partial charge in [0, 0.05) is 12.1 Å². The van der Waals surface area contributed by atoms with Gasteiger partial charge in [0.05, 0.1) is 22.4 Å². The van der Waals surface area contributed by atoms with Crippen LogP contribution in [0.25, 0.3) is 6.08 Å². The highest BCUT2D eigenvalue weighted by molar-refractivity contribution is 6.32. The number of nitro groups is 1. The Labute approximate surface area is 91.6 Å². The summed E-state index contributed by atoms with van der Waals surface area (Å²) in [6.07, 6.45) is 3.59. The van der Waals surface area contributed by atoms with Gasteiger partial charge in [-0.3, -0.25) is 10.1 Å². The number of hydrogen-bond donors (Lipinski definition) is 0. The van der Waals surface area contributed by atoms with Gasteiger partial charge >= 0.3 is 0 Å². The number of nitro benzene ring substituents is 1. The van der Waals surface area contributed by atoms with Gasteiger partial charge in [0.2, 0.25) is 0 Å². The molecule has 0 heterocycles.